The van der Waals surface area contributed by atoms with E-state index in [0.29, 0.717) is 5.15 Å². The molecule has 0 bridgehead atoms. The second-order valence-corrected chi connectivity index (χ2v) is 5.63. The molecule has 1 aromatic heterocycles. The number of aromatic nitrogens is 2. The largest absolute Gasteiger partial charge is 0.279 e. The van der Waals surface area contributed by atoms with Crippen LogP contribution in [0, 0.1) is 13.8 Å². The van der Waals surface area contributed by atoms with Crippen molar-refractivity contribution in [2.75, 3.05) is 5.43 Å². The Morgan fingerprint density at radius 2 is 1.74 bits per heavy atom. The first kappa shape index (κ1) is 15.3. The Morgan fingerprint density at radius 1 is 1.04 bits per heavy atom. The SMILES string of the molecule is Cc1ccc(N/N=C/c2c(C)nn(-c3ccccc3)c2Cl)cc1. The van der Waals surface area contributed by atoms with E-state index in [0.717, 1.165) is 22.6 Å². The molecule has 0 radical (unpaired) electrons. The van der Waals surface area contributed by atoms with Gasteiger partial charge < -0.3 is 0 Å². The first-order valence-electron chi connectivity index (χ1n) is 7.31. The molecule has 0 saturated carbocycles. The highest BCUT2D eigenvalue weighted by molar-refractivity contribution is 6.32. The summed E-state index contributed by atoms with van der Waals surface area (Å²) >= 11 is 6.45. The van der Waals surface area contributed by atoms with Gasteiger partial charge in [0.25, 0.3) is 0 Å². The van der Waals surface area contributed by atoms with Crippen molar-refractivity contribution in [1.29, 1.82) is 0 Å². The number of para-hydroxylation sites is 1. The Hall–Kier alpha value is -2.59. The lowest BCUT2D eigenvalue weighted by Crippen LogP contribution is -1.96. The van der Waals surface area contributed by atoms with E-state index in [1.807, 2.05) is 68.4 Å². The van der Waals surface area contributed by atoms with E-state index in [4.69, 9.17) is 11.6 Å². The number of rotatable bonds is 4. The quantitative estimate of drug-likeness (QED) is 0.563. The minimum absolute atomic E-state index is 0.545. The fourth-order valence-corrected chi connectivity index (χ4v) is 2.52. The maximum absolute atomic E-state index is 6.45. The molecule has 1 N–H and O–H groups in total. The molecule has 0 aliphatic heterocycles. The molecule has 0 atom stereocenters. The minimum Gasteiger partial charge on any atom is -0.279 e. The summed E-state index contributed by atoms with van der Waals surface area (Å²) < 4.78 is 1.71. The van der Waals surface area contributed by atoms with Gasteiger partial charge in [-0.25, -0.2) is 4.68 Å². The number of aryl methyl sites for hydroxylation is 2. The summed E-state index contributed by atoms with van der Waals surface area (Å²) in [5, 5.41) is 9.29. The van der Waals surface area contributed by atoms with Crippen molar-refractivity contribution in [3.8, 4) is 5.69 Å². The van der Waals surface area contributed by atoms with Gasteiger partial charge in [-0.15, -0.1) is 0 Å². The molecule has 3 rings (SSSR count). The van der Waals surface area contributed by atoms with Crippen molar-refractivity contribution >= 4 is 23.5 Å². The third kappa shape index (κ3) is 3.43. The van der Waals surface area contributed by atoms with Crippen LogP contribution in [-0.4, -0.2) is 16.0 Å². The fourth-order valence-electron chi connectivity index (χ4n) is 2.20. The van der Waals surface area contributed by atoms with Crippen molar-refractivity contribution in [3.63, 3.8) is 0 Å². The number of hydrogen-bond acceptors (Lipinski definition) is 3. The van der Waals surface area contributed by atoms with E-state index in [9.17, 15) is 0 Å². The van der Waals surface area contributed by atoms with E-state index in [2.05, 4.69) is 15.6 Å². The molecule has 5 heteroatoms. The monoisotopic (exact) mass is 324 g/mol. The number of nitrogens with zero attached hydrogens (tertiary/aromatic N) is 3. The normalized spacial score (nSPS) is 11.1. The van der Waals surface area contributed by atoms with Crippen LogP contribution in [0.5, 0.6) is 0 Å². The van der Waals surface area contributed by atoms with Crippen LogP contribution in [0.1, 0.15) is 16.8 Å². The van der Waals surface area contributed by atoms with Gasteiger partial charge >= 0.3 is 0 Å². The molecule has 23 heavy (non-hydrogen) atoms. The van der Waals surface area contributed by atoms with Gasteiger partial charge in [-0.1, -0.05) is 47.5 Å². The molecule has 116 valence electrons. The first-order chi connectivity index (χ1) is 11.1. The number of anilines is 1. The first-order valence-corrected chi connectivity index (χ1v) is 7.69. The molecule has 0 amide bonds. The molecule has 0 aliphatic carbocycles. The number of hydrazone groups is 1. The van der Waals surface area contributed by atoms with Gasteiger partial charge in [0.05, 0.1) is 28.8 Å². The average Bonchev–Trinajstić information content (AvgIpc) is 2.85. The maximum Gasteiger partial charge on any atom is 0.142 e. The van der Waals surface area contributed by atoms with Crippen LogP contribution >= 0.6 is 11.6 Å². The lowest BCUT2D eigenvalue weighted by Gasteiger charge is -2.02. The molecule has 1 heterocycles. The highest BCUT2D eigenvalue weighted by Crippen LogP contribution is 2.22. The Morgan fingerprint density at radius 3 is 2.43 bits per heavy atom. The van der Waals surface area contributed by atoms with Crippen LogP contribution in [0.25, 0.3) is 5.69 Å². The van der Waals surface area contributed by atoms with Crippen molar-refractivity contribution in [1.82, 2.24) is 9.78 Å². The second kappa shape index (κ2) is 6.67. The Balaban J connectivity index is 1.82. The van der Waals surface area contributed by atoms with Crippen LogP contribution in [0.4, 0.5) is 5.69 Å². The van der Waals surface area contributed by atoms with Gasteiger partial charge in [0.1, 0.15) is 5.15 Å². The summed E-state index contributed by atoms with van der Waals surface area (Å²) in [4.78, 5) is 0. The molecule has 0 saturated heterocycles. The van der Waals surface area contributed by atoms with Crippen LogP contribution < -0.4 is 5.43 Å². The lowest BCUT2D eigenvalue weighted by molar-refractivity contribution is 0.863. The third-order valence-corrected chi connectivity index (χ3v) is 3.85. The summed E-state index contributed by atoms with van der Waals surface area (Å²) in [6, 6.07) is 17.8. The van der Waals surface area contributed by atoms with Gasteiger partial charge in [0.15, 0.2) is 0 Å². The summed E-state index contributed by atoms with van der Waals surface area (Å²) in [7, 11) is 0. The van der Waals surface area contributed by atoms with Crippen LogP contribution in [-0.2, 0) is 0 Å². The van der Waals surface area contributed by atoms with Crippen LogP contribution in [0.2, 0.25) is 5.15 Å². The predicted molar refractivity (Wildman–Crippen MR) is 95.7 cm³/mol. The number of benzene rings is 2. The van der Waals surface area contributed by atoms with E-state index < -0.39 is 0 Å². The maximum atomic E-state index is 6.45. The van der Waals surface area contributed by atoms with Crippen molar-refractivity contribution in [2.45, 2.75) is 13.8 Å². The van der Waals surface area contributed by atoms with Gasteiger partial charge in [-0.3, -0.25) is 5.43 Å². The molecular formula is C18H17ClN4. The summed E-state index contributed by atoms with van der Waals surface area (Å²) in [5.74, 6) is 0. The van der Waals surface area contributed by atoms with E-state index in [-0.39, 0.29) is 0 Å². The zero-order chi connectivity index (χ0) is 16.2. The van der Waals surface area contributed by atoms with E-state index >= 15 is 0 Å². The van der Waals surface area contributed by atoms with Crippen molar-refractivity contribution < 1.29 is 0 Å². The van der Waals surface area contributed by atoms with E-state index in [1.165, 1.54) is 5.56 Å². The van der Waals surface area contributed by atoms with Gasteiger partial charge in [0.2, 0.25) is 0 Å². The molecule has 3 aromatic rings. The Kier molecular flexibility index (Phi) is 4.44. The standard InChI is InChI=1S/C18H17ClN4/c1-13-8-10-15(11-9-13)21-20-12-17-14(2)22-23(18(17)19)16-6-4-3-5-7-16/h3-12,21H,1-2H3/b20-12+. The van der Waals surface area contributed by atoms with Gasteiger partial charge in [-0.2, -0.15) is 10.2 Å². The average molecular weight is 325 g/mol. The van der Waals surface area contributed by atoms with Gasteiger partial charge in [-0.05, 0) is 38.1 Å². The zero-order valence-electron chi connectivity index (χ0n) is 13.0. The second-order valence-electron chi connectivity index (χ2n) is 5.27. The fraction of sp³-hybridized carbons (Fsp3) is 0.111. The molecule has 0 spiro atoms. The zero-order valence-corrected chi connectivity index (χ0v) is 13.7. The molecule has 0 fully saturated rings. The molecule has 4 nitrogen and oxygen atoms in total. The van der Waals surface area contributed by atoms with Crippen molar-refractivity contribution in [2.24, 2.45) is 5.10 Å². The molecule has 0 unspecified atom stereocenters. The number of nitrogens with one attached hydrogen (secondary N) is 1. The van der Waals surface area contributed by atoms with E-state index in [1.54, 1.807) is 10.9 Å². The van der Waals surface area contributed by atoms with Crippen molar-refractivity contribution in [3.05, 3.63) is 76.6 Å². The summed E-state index contributed by atoms with van der Waals surface area (Å²) in [6.07, 6.45) is 1.70. The topological polar surface area (TPSA) is 42.2 Å². The number of hydrogen-bond donors (Lipinski definition) is 1. The van der Waals surface area contributed by atoms with Gasteiger partial charge in [0, 0.05) is 0 Å². The highest BCUT2D eigenvalue weighted by Gasteiger charge is 2.12. The Labute approximate surface area is 140 Å². The summed E-state index contributed by atoms with van der Waals surface area (Å²) in [5.41, 5.74) is 7.69. The summed E-state index contributed by atoms with van der Waals surface area (Å²) in [6.45, 7) is 3.96. The lowest BCUT2D eigenvalue weighted by atomic mass is 10.2. The smallest absolute Gasteiger partial charge is 0.142 e. The third-order valence-electron chi connectivity index (χ3n) is 3.49. The van der Waals surface area contributed by atoms with Crippen LogP contribution in [0.3, 0.4) is 0 Å². The predicted octanol–water partition coefficient (Wildman–Crippen LogP) is 4.59. The molecule has 2 aromatic carbocycles. The number of halogens is 1. The Bertz CT molecular complexity index is 820. The van der Waals surface area contributed by atoms with Crippen LogP contribution in [0.15, 0.2) is 59.7 Å². The molecular weight excluding hydrogens is 308 g/mol. The minimum atomic E-state index is 0.545. The molecule has 0 aliphatic rings. The highest BCUT2D eigenvalue weighted by atomic mass is 35.5.